The lowest BCUT2D eigenvalue weighted by Crippen LogP contribution is -2.32. The van der Waals surface area contributed by atoms with Gasteiger partial charge in [-0.3, -0.25) is 4.79 Å². The first-order valence-electron chi connectivity index (χ1n) is 4.76. The van der Waals surface area contributed by atoms with Gasteiger partial charge < -0.3 is 5.32 Å². The van der Waals surface area contributed by atoms with Crippen LogP contribution in [0.4, 0.5) is 0 Å². The highest BCUT2D eigenvalue weighted by Crippen LogP contribution is 2.15. The average Bonchev–Trinajstić information content (AvgIpc) is 2.65. The predicted octanol–water partition coefficient (Wildman–Crippen LogP) is -0.608. The third-order valence-corrected chi connectivity index (χ3v) is 2.44. The summed E-state index contributed by atoms with van der Waals surface area (Å²) in [5.41, 5.74) is 0. The molecule has 0 atom stereocenters. The Morgan fingerprint density at radius 2 is 2.21 bits per heavy atom. The molecule has 0 aliphatic carbocycles. The van der Waals surface area contributed by atoms with Gasteiger partial charge in [-0.25, -0.2) is 0 Å². The normalized spacial score (nSPS) is 18.4. The van der Waals surface area contributed by atoms with Crippen LogP contribution in [0.15, 0.2) is 0 Å². The average molecular weight is 195 g/mol. The summed E-state index contributed by atoms with van der Waals surface area (Å²) in [7, 11) is 1.66. The zero-order valence-electron chi connectivity index (χ0n) is 8.10. The van der Waals surface area contributed by atoms with E-state index >= 15 is 0 Å². The van der Waals surface area contributed by atoms with Crippen LogP contribution in [0.25, 0.3) is 0 Å². The Hall–Kier alpha value is -1.30. The van der Waals surface area contributed by atoms with Gasteiger partial charge in [-0.2, -0.15) is 4.80 Å². The van der Waals surface area contributed by atoms with E-state index in [4.69, 9.17) is 0 Å². The molecule has 1 saturated heterocycles. The molecular formula is C8H13N5O. The van der Waals surface area contributed by atoms with Gasteiger partial charge in [-0.05, 0) is 31.1 Å². The highest BCUT2D eigenvalue weighted by molar-refractivity contribution is 5.94. The number of aromatic nitrogens is 4. The third kappa shape index (κ3) is 1.79. The van der Waals surface area contributed by atoms with Crippen molar-refractivity contribution in [3.05, 3.63) is 5.82 Å². The van der Waals surface area contributed by atoms with Gasteiger partial charge in [-0.1, -0.05) is 0 Å². The summed E-state index contributed by atoms with van der Waals surface area (Å²) in [5, 5.41) is 14.5. The van der Waals surface area contributed by atoms with Crippen LogP contribution in [-0.4, -0.2) is 39.1 Å². The highest BCUT2D eigenvalue weighted by atomic mass is 16.1. The van der Waals surface area contributed by atoms with E-state index in [1.165, 1.54) is 4.80 Å². The zero-order valence-corrected chi connectivity index (χ0v) is 8.10. The molecule has 0 radical (unpaired) electrons. The lowest BCUT2D eigenvalue weighted by atomic mass is 9.93. The van der Waals surface area contributed by atoms with E-state index in [-0.39, 0.29) is 17.5 Å². The fourth-order valence-corrected chi connectivity index (χ4v) is 1.65. The molecule has 1 aliphatic heterocycles. The van der Waals surface area contributed by atoms with E-state index in [0.717, 1.165) is 25.9 Å². The first kappa shape index (κ1) is 9.26. The number of piperidine rings is 1. The number of nitrogens with zero attached hydrogens (tertiary/aromatic N) is 4. The molecule has 1 aromatic rings. The van der Waals surface area contributed by atoms with E-state index in [1.807, 2.05) is 0 Å². The zero-order chi connectivity index (χ0) is 9.97. The van der Waals surface area contributed by atoms with Gasteiger partial charge in [0.05, 0.1) is 7.05 Å². The van der Waals surface area contributed by atoms with Crippen molar-refractivity contribution < 1.29 is 4.79 Å². The summed E-state index contributed by atoms with van der Waals surface area (Å²) < 4.78 is 0. The fourth-order valence-electron chi connectivity index (χ4n) is 1.65. The summed E-state index contributed by atoms with van der Waals surface area (Å²) in [6.45, 7) is 1.80. The molecule has 1 N–H and O–H groups in total. The maximum absolute atomic E-state index is 11.8. The second-order valence-corrected chi connectivity index (χ2v) is 3.49. The minimum Gasteiger partial charge on any atom is -0.317 e. The molecule has 0 amide bonds. The topological polar surface area (TPSA) is 72.7 Å². The minimum absolute atomic E-state index is 0.0274. The number of carbonyl (C=O) groups excluding carboxylic acids is 1. The molecule has 76 valence electrons. The van der Waals surface area contributed by atoms with Crippen LogP contribution in [0.1, 0.15) is 23.5 Å². The van der Waals surface area contributed by atoms with Crippen LogP contribution in [0.2, 0.25) is 0 Å². The summed E-state index contributed by atoms with van der Waals surface area (Å²) in [6, 6.07) is 0. The van der Waals surface area contributed by atoms with Gasteiger partial charge in [0.15, 0.2) is 0 Å². The summed E-state index contributed by atoms with van der Waals surface area (Å²) in [5.74, 6) is 0.347. The first-order valence-corrected chi connectivity index (χ1v) is 4.76. The lowest BCUT2D eigenvalue weighted by molar-refractivity contribution is 0.0884. The number of carbonyl (C=O) groups is 1. The quantitative estimate of drug-likeness (QED) is 0.637. The molecule has 0 spiro atoms. The molecule has 0 saturated carbocycles. The molecule has 2 heterocycles. The van der Waals surface area contributed by atoms with Crippen molar-refractivity contribution in [2.24, 2.45) is 13.0 Å². The smallest absolute Gasteiger partial charge is 0.240 e. The van der Waals surface area contributed by atoms with Gasteiger partial charge in [0.2, 0.25) is 11.6 Å². The molecule has 1 aliphatic rings. The van der Waals surface area contributed by atoms with Crippen molar-refractivity contribution in [1.82, 2.24) is 25.5 Å². The highest BCUT2D eigenvalue weighted by Gasteiger charge is 2.25. The van der Waals surface area contributed by atoms with Crippen molar-refractivity contribution in [2.75, 3.05) is 13.1 Å². The summed E-state index contributed by atoms with van der Waals surface area (Å²) >= 11 is 0. The van der Waals surface area contributed by atoms with Crippen molar-refractivity contribution in [2.45, 2.75) is 12.8 Å². The van der Waals surface area contributed by atoms with Crippen molar-refractivity contribution >= 4 is 5.78 Å². The fraction of sp³-hybridized carbons (Fsp3) is 0.750. The lowest BCUT2D eigenvalue weighted by Gasteiger charge is -2.19. The summed E-state index contributed by atoms with van der Waals surface area (Å²) in [4.78, 5) is 13.1. The number of nitrogens with one attached hydrogen (secondary N) is 1. The van der Waals surface area contributed by atoms with Crippen molar-refractivity contribution in [3.8, 4) is 0 Å². The Bertz CT molecular complexity index is 328. The minimum atomic E-state index is 0.0274. The van der Waals surface area contributed by atoms with Crippen LogP contribution >= 0.6 is 0 Å². The van der Waals surface area contributed by atoms with Crippen LogP contribution in [0.3, 0.4) is 0 Å². The van der Waals surface area contributed by atoms with Gasteiger partial charge in [0.25, 0.3) is 0 Å². The molecule has 0 unspecified atom stereocenters. The largest absolute Gasteiger partial charge is 0.317 e. The maximum Gasteiger partial charge on any atom is 0.240 e. The monoisotopic (exact) mass is 195 g/mol. The van der Waals surface area contributed by atoms with Gasteiger partial charge in [0.1, 0.15) is 0 Å². The summed E-state index contributed by atoms with van der Waals surface area (Å²) in [6.07, 6.45) is 1.74. The second-order valence-electron chi connectivity index (χ2n) is 3.49. The molecule has 6 heteroatoms. The van der Waals surface area contributed by atoms with Gasteiger partial charge >= 0.3 is 0 Å². The molecule has 0 bridgehead atoms. The van der Waals surface area contributed by atoms with E-state index in [0.29, 0.717) is 0 Å². The molecule has 6 nitrogen and oxygen atoms in total. The van der Waals surface area contributed by atoms with Gasteiger partial charge in [0, 0.05) is 5.92 Å². The molecule has 1 aromatic heterocycles. The van der Waals surface area contributed by atoms with Crippen molar-refractivity contribution in [1.29, 1.82) is 0 Å². The number of rotatable bonds is 2. The molecule has 2 rings (SSSR count). The SMILES string of the molecule is Cn1nnc(C(=O)C2CCNCC2)n1. The van der Waals surface area contributed by atoms with Crippen LogP contribution < -0.4 is 5.32 Å². The Morgan fingerprint density at radius 3 is 2.79 bits per heavy atom. The second kappa shape index (κ2) is 3.83. The first-order chi connectivity index (χ1) is 6.77. The maximum atomic E-state index is 11.8. The van der Waals surface area contributed by atoms with Crippen molar-refractivity contribution in [3.63, 3.8) is 0 Å². The molecule has 0 aromatic carbocycles. The van der Waals surface area contributed by atoms with Gasteiger partial charge in [-0.15, -0.1) is 10.2 Å². The number of hydrogen-bond acceptors (Lipinski definition) is 5. The number of aryl methyl sites for hydroxylation is 1. The predicted molar refractivity (Wildman–Crippen MR) is 48.7 cm³/mol. The molecular weight excluding hydrogens is 182 g/mol. The van der Waals surface area contributed by atoms with Crippen LogP contribution in [0, 0.1) is 5.92 Å². The van der Waals surface area contributed by atoms with E-state index < -0.39 is 0 Å². The Labute approximate surface area is 81.7 Å². The Balaban J connectivity index is 2.07. The van der Waals surface area contributed by atoms with Crippen LogP contribution in [0.5, 0.6) is 0 Å². The number of tetrazole rings is 1. The van der Waals surface area contributed by atoms with E-state index in [1.54, 1.807) is 7.05 Å². The number of ketones is 1. The van der Waals surface area contributed by atoms with E-state index in [9.17, 15) is 4.79 Å². The van der Waals surface area contributed by atoms with E-state index in [2.05, 4.69) is 20.7 Å². The molecule has 14 heavy (non-hydrogen) atoms. The standard InChI is InChI=1S/C8H13N5O/c1-13-11-8(10-12-13)7(14)6-2-4-9-5-3-6/h6,9H,2-5H2,1H3. The number of hydrogen-bond donors (Lipinski definition) is 1. The molecule has 1 fully saturated rings. The third-order valence-electron chi connectivity index (χ3n) is 2.44. The Morgan fingerprint density at radius 1 is 1.50 bits per heavy atom. The number of Topliss-reactive ketones (excluding diaryl/α,β-unsaturated/α-hetero) is 1. The van der Waals surface area contributed by atoms with Crippen LogP contribution in [-0.2, 0) is 7.05 Å². The Kier molecular flexibility index (Phi) is 2.53.